The van der Waals surface area contributed by atoms with E-state index >= 15 is 0 Å². The van der Waals surface area contributed by atoms with Crippen LogP contribution in [0.3, 0.4) is 0 Å². The second-order valence-electron chi connectivity index (χ2n) is 5.63. The van der Waals surface area contributed by atoms with Crippen LogP contribution < -0.4 is 5.32 Å². The van der Waals surface area contributed by atoms with Gasteiger partial charge in [-0.05, 0) is 23.1 Å². The van der Waals surface area contributed by atoms with Gasteiger partial charge < -0.3 is 9.88 Å². The van der Waals surface area contributed by atoms with Crippen LogP contribution in [0.2, 0.25) is 0 Å². The molecule has 0 aliphatic heterocycles. The number of anilines is 1. The van der Waals surface area contributed by atoms with Gasteiger partial charge in [0, 0.05) is 19.8 Å². The van der Waals surface area contributed by atoms with Crippen LogP contribution in [0.5, 0.6) is 0 Å². The highest BCUT2D eigenvalue weighted by Crippen LogP contribution is 2.20. The van der Waals surface area contributed by atoms with Crippen LogP contribution in [0, 0.1) is 0 Å². The van der Waals surface area contributed by atoms with Gasteiger partial charge in [0.05, 0.1) is 11.8 Å². The Balaban J connectivity index is 1.77. The summed E-state index contributed by atoms with van der Waals surface area (Å²) in [6.07, 6.45) is 3.63. The number of benzene rings is 1. The van der Waals surface area contributed by atoms with Crippen LogP contribution >= 0.6 is 0 Å². The molecule has 21 heavy (non-hydrogen) atoms. The Bertz CT molecular complexity index is 741. The molecule has 0 atom stereocenters. The smallest absolute Gasteiger partial charge is 0.154 e. The van der Waals surface area contributed by atoms with Crippen molar-refractivity contribution in [3.05, 3.63) is 54.0 Å². The number of hydrogen-bond donors (Lipinski definition) is 1. The number of aryl methyl sites for hydroxylation is 1. The molecule has 0 aliphatic carbocycles. The van der Waals surface area contributed by atoms with Crippen molar-refractivity contribution in [1.82, 2.24) is 14.5 Å². The highest BCUT2D eigenvalue weighted by atomic mass is 15.1. The van der Waals surface area contributed by atoms with Gasteiger partial charge >= 0.3 is 0 Å². The maximum atomic E-state index is 4.41. The van der Waals surface area contributed by atoms with Crippen molar-refractivity contribution in [2.24, 2.45) is 7.05 Å². The fourth-order valence-electron chi connectivity index (χ4n) is 2.40. The van der Waals surface area contributed by atoms with Crippen molar-refractivity contribution in [2.75, 3.05) is 5.32 Å². The molecule has 0 amide bonds. The Morgan fingerprint density at radius 1 is 1.10 bits per heavy atom. The number of fused-ring (bicyclic) bond motifs is 1. The number of aromatic nitrogens is 3. The molecule has 0 unspecified atom stereocenters. The third kappa shape index (κ3) is 2.75. The van der Waals surface area contributed by atoms with E-state index < -0.39 is 0 Å². The number of pyridine rings is 1. The number of nitrogens with zero attached hydrogens (tertiary/aromatic N) is 3. The summed E-state index contributed by atoms with van der Waals surface area (Å²) in [5, 5.41) is 3.38. The molecular weight excluding hydrogens is 260 g/mol. The molecule has 0 spiro atoms. The van der Waals surface area contributed by atoms with Crippen molar-refractivity contribution in [3.8, 4) is 0 Å². The standard InChI is InChI=1S/C17H20N4/c1-12(2)14-6-4-13(5-7-14)10-19-17-16-15(8-9-18-17)21(3)11-20-16/h4-9,11-12H,10H2,1-3H3,(H,18,19). The minimum atomic E-state index is 0.566. The fourth-order valence-corrected chi connectivity index (χ4v) is 2.40. The number of imidazole rings is 1. The monoisotopic (exact) mass is 280 g/mol. The zero-order chi connectivity index (χ0) is 14.8. The Morgan fingerprint density at radius 3 is 2.57 bits per heavy atom. The van der Waals surface area contributed by atoms with Gasteiger partial charge in [0.25, 0.3) is 0 Å². The molecule has 0 bridgehead atoms. The van der Waals surface area contributed by atoms with E-state index in [0.29, 0.717) is 5.92 Å². The van der Waals surface area contributed by atoms with E-state index in [1.54, 1.807) is 0 Å². The highest BCUT2D eigenvalue weighted by Gasteiger charge is 2.06. The van der Waals surface area contributed by atoms with Crippen LogP contribution in [-0.4, -0.2) is 14.5 Å². The summed E-state index contributed by atoms with van der Waals surface area (Å²) in [5.74, 6) is 1.40. The van der Waals surface area contributed by atoms with Gasteiger partial charge in [-0.1, -0.05) is 38.1 Å². The molecule has 0 saturated carbocycles. The lowest BCUT2D eigenvalue weighted by molar-refractivity contribution is 0.865. The molecule has 4 heteroatoms. The highest BCUT2D eigenvalue weighted by molar-refractivity contribution is 5.85. The fraction of sp³-hybridized carbons (Fsp3) is 0.294. The summed E-state index contributed by atoms with van der Waals surface area (Å²) < 4.78 is 2.00. The quantitative estimate of drug-likeness (QED) is 0.792. The van der Waals surface area contributed by atoms with E-state index in [1.807, 2.05) is 30.2 Å². The van der Waals surface area contributed by atoms with Gasteiger partial charge in [-0.25, -0.2) is 9.97 Å². The summed E-state index contributed by atoms with van der Waals surface area (Å²) in [6.45, 7) is 5.17. The van der Waals surface area contributed by atoms with Crippen molar-refractivity contribution < 1.29 is 0 Å². The second kappa shape index (κ2) is 5.56. The molecule has 3 rings (SSSR count). The van der Waals surface area contributed by atoms with E-state index in [9.17, 15) is 0 Å². The Hall–Kier alpha value is -2.36. The number of hydrogen-bond acceptors (Lipinski definition) is 3. The molecule has 2 aromatic heterocycles. The number of rotatable bonds is 4. The first-order valence-electron chi connectivity index (χ1n) is 7.24. The average Bonchev–Trinajstić information content (AvgIpc) is 2.88. The Labute approximate surface area is 124 Å². The summed E-state index contributed by atoms with van der Waals surface area (Å²) in [4.78, 5) is 8.80. The van der Waals surface area contributed by atoms with Crippen LogP contribution in [0.1, 0.15) is 30.9 Å². The van der Waals surface area contributed by atoms with Crippen LogP contribution in [0.15, 0.2) is 42.9 Å². The molecule has 1 N–H and O–H groups in total. The summed E-state index contributed by atoms with van der Waals surface area (Å²) in [5.41, 5.74) is 4.61. The molecule has 0 aliphatic rings. The lowest BCUT2D eigenvalue weighted by atomic mass is 10.0. The second-order valence-corrected chi connectivity index (χ2v) is 5.63. The molecule has 4 nitrogen and oxygen atoms in total. The van der Waals surface area contributed by atoms with Crippen molar-refractivity contribution in [1.29, 1.82) is 0 Å². The van der Waals surface area contributed by atoms with Gasteiger partial charge in [0.1, 0.15) is 5.52 Å². The van der Waals surface area contributed by atoms with Gasteiger partial charge in [0.2, 0.25) is 0 Å². The van der Waals surface area contributed by atoms with E-state index in [4.69, 9.17) is 0 Å². The molecule has 2 heterocycles. The first-order valence-corrected chi connectivity index (χ1v) is 7.24. The summed E-state index contributed by atoms with van der Waals surface area (Å²) in [6, 6.07) is 10.7. The Kier molecular flexibility index (Phi) is 3.60. The molecule has 0 fully saturated rings. The SMILES string of the molecule is CC(C)c1ccc(CNc2nccc3c2ncn3C)cc1. The van der Waals surface area contributed by atoms with Gasteiger partial charge in [0.15, 0.2) is 5.82 Å². The first kappa shape index (κ1) is 13.6. The zero-order valence-electron chi connectivity index (χ0n) is 12.7. The van der Waals surface area contributed by atoms with Crippen molar-refractivity contribution in [3.63, 3.8) is 0 Å². The minimum absolute atomic E-state index is 0.566. The van der Waals surface area contributed by atoms with Gasteiger partial charge in [-0.2, -0.15) is 0 Å². The maximum Gasteiger partial charge on any atom is 0.154 e. The van der Waals surface area contributed by atoms with Crippen LogP contribution in [0.4, 0.5) is 5.82 Å². The average molecular weight is 280 g/mol. The first-order chi connectivity index (χ1) is 10.1. The minimum Gasteiger partial charge on any atom is -0.364 e. The van der Waals surface area contributed by atoms with E-state index in [1.165, 1.54) is 11.1 Å². The zero-order valence-corrected chi connectivity index (χ0v) is 12.7. The molecule has 0 saturated heterocycles. The molecule has 0 radical (unpaired) electrons. The third-order valence-corrected chi connectivity index (χ3v) is 3.75. The van der Waals surface area contributed by atoms with E-state index in [-0.39, 0.29) is 0 Å². The normalized spacial score (nSPS) is 11.2. The van der Waals surface area contributed by atoms with Gasteiger partial charge in [-0.15, -0.1) is 0 Å². The summed E-state index contributed by atoms with van der Waals surface area (Å²) >= 11 is 0. The van der Waals surface area contributed by atoms with Crippen LogP contribution in [-0.2, 0) is 13.6 Å². The summed E-state index contributed by atoms with van der Waals surface area (Å²) in [7, 11) is 1.99. The third-order valence-electron chi connectivity index (χ3n) is 3.75. The number of nitrogens with one attached hydrogen (secondary N) is 1. The molecule has 108 valence electrons. The lowest BCUT2D eigenvalue weighted by Gasteiger charge is -2.09. The topological polar surface area (TPSA) is 42.7 Å². The molecule has 1 aromatic carbocycles. The predicted octanol–water partition coefficient (Wildman–Crippen LogP) is 3.70. The van der Waals surface area contributed by atoms with Gasteiger partial charge in [-0.3, -0.25) is 0 Å². The largest absolute Gasteiger partial charge is 0.364 e. The van der Waals surface area contributed by atoms with Crippen molar-refractivity contribution >= 4 is 16.9 Å². The van der Waals surface area contributed by atoms with E-state index in [2.05, 4.69) is 53.4 Å². The molecule has 3 aromatic rings. The lowest BCUT2D eigenvalue weighted by Crippen LogP contribution is -2.02. The van der Waals surface area contributed by atoms with Crippen molar-refractivity contribution in [2.45, 2.75) is 26.3 Å². The Morgan fingerprint density at radius 2 is 1.86 bits per heavy atom. The molecular formula is C17H20N4. The van der Waals surface area contributed by atoms with E-state index in [0.717, 1.165) is 23.4 Å². The maximum absolute atomic E-state index is 4.41. The van der Waals surface area contributed by atoms with Crippen LogP contribution in [0.25, 0.3) is 11.0 Å². The predicted molar refractivity (Wildman–Crippen MR) is 86.4 cm³/mol.